The number of unbranched alkanes of at least 4 members (excludes halogenated alkanes) is 5. The van der Waals surface area contributed by atoms with E-state index in [4.69, 9.17) is 0 Å². The van der Waals surface area contributed by atoms with Crippen LogP contribution in [0.25, 0.3) is 0 Å². The fourth-order valence-electron chi connectivity index (χ4n) is 2.90. The Kier molecular flexibility index (Phi) is 6.38. The van der Waals surface area contributed by atoms with Crippen molar-refractivity contribution in [3.8, 4) is 5.75 Å². The Hall–Kier alpha value is -2.11. The van der Waals surface area contributed by atoms with Crippen LogP contribution in [0.5, 0.6) is 5.75 Å². The summed E-state index contributed by atoms with van der Waals surface area (Å²) in [5.74, 6) is 0.394. The number of benzene rings is 1. The Labute approximate surface area is 137 Å². The number of nitro groups is 1. The van der Waals surface area contributed by atoms with Crippen LogP contribution in [0.1, 0.15) is 51.0 Å². The topological polar surface area (TPSA) is 79.0 Å². The van der Waals surface area contributed by atoms with Gasteiger partial charge in [-0.05, 0) is 12.5 Å². The van der Waals surface area contributed by atoms with Gasteiger partial charge in [0.25, 0.3) is 0 Å². The van der Waals surface area contributed by atoms with Crippen molar-refractivity contribution in [1.82, 2.24) is 4.90 Å². The normalized spacial score (nSPS) is 14.1. The number of nitrogens with zero attached hydrogens (tertiary/aromatic N) is 3. The molecular formula is C17H25N3O3. The lowest BCUT2D eigenvalue weighted by molar-refractivity contribution is -0.385. The van der Waals surface area contributed by atoms with Crippen LogP contribution in [-0.2, 0) is 0 Å². The number of rotatable bonds is 9. The third kappa shape index (κ3) is 4.43. The first-order valence-electron chi connectivity index (χ1n) is 8.41. The van der Waals surface area contributed by atoms with Crippen molar-refractivity contribution in [3.63, 3.8) is 0 Å². The molecule has 0 bridgehead atoms. The van der Waals surface area contributed by atoms with Crippen molar-refractivity contribution < 1.29 is 10.0 Å². The van der Waals surface area contributed by atoms with E-state index in [1.54, 1.807) is 12.1 Å². The molecule has 6 nitrogen and oxygen atoms in total. The molecule has 0 aromatic heterocycles. The van der Waals surface area contributed by atoms with E-state index >= 15 is 0 Å². The van der Waals surface area contributed by atoms with Crippen LogP contribution >= 0.6 is 0 Å². The standard InChI is InChI=1S/C17H25N3O3/c1-2-3-4-5-6-7-12-19-13-11-18-17(19)14-9-8-10-15(16(14)21)20(22)23/h8-10,21H,2-7,11-13H2,1H3. The molecule has 1 heterocycles. The van der Waals surface area contributed by atoms with Crippen LogP contribution < -0.4 is 0 Å². The average molecular weight is 319 g/mol. The van der Waals surface area contributed by atoms with Crippen LogP contribution in [0, 0.1) is 10.1 Å². The van der Waals surface area contributed by atoms with Crippen LogP contribution in [0.3, 0.4) is 0 Å². The van der Waals surface area contributed by atoms with E-state index in [0.717, 1.165) is 19.5 Å². The summed E-state index contributed by atoms with van der Waals surface area (Å²) in [6, 6.07) is 4.60. The van der Waals surface area contributed by atoms with E-state index in [0.29, 0.717) is 17.9 Å². The molecule has 0 saturated heterocycles. The van der Waals surface area contributed by atoms with E-state index in [9.17, 15) is 15.2 Å². The van der Waals surface area contributed by atoms with Crippen LogP contribution in [0.4, 0.5) is 5.69 Å². The van der Waals surface area contributed by atoms with Gasteiger partial charge in [-0.2, -0.15) is 0 Å². The Morgan fingerprint density at radius 2 is 2.00 bits per heavy atom. The van der Waals surface area contributed by atoms with Gasteiger partial charge in [-0.3, -0.25) is 15.1 Å². The van der Waals surface area contributed by atoms with E-state index in [-0.39, 0.29) is 11.4 Å². The first-order chi connectivity index (χ1) is 11.1. The Balaban J connectivity index is 1.97. The van der Waals surface area contributed by atoms with Gasteiger partial charge in [0.2, 0.25) is 5.75 Å². The highest BCUT2D eigenvalue weighted by Gasteiger charge is 2.25. The predicted octanol–water partition coefficient (Wildman–Crippen LogP) is 3.72. The Morgan fingerprint density at radius 3 is 2.74 bits per heavy atom. The van der Waals surface area contributed by atoms with Crippen LogP contribution in [0.15, 0.2) is 23.2 Å². The zero-order valence-corrected chi connectivity index (χ0v) is 13.7. The zero-order valence-electron chi connectivity index (χ0n) is 13.7. The van der Waals surface area contributed by atoms with Gasteiger partial charge in [-0.15, -0.1) is 0 Å². The maximum absolute atomic E-state index is 11.0. The maximum atomic E-state index is 11.0. The van der Waals surface area contributed by atoms with Crippen molar-refractivity contribution in [2.45, 2.75) is 45.4 Å². The maximum Gasteiger partial charge on any atom is 0.311 e. The summed E-state index contributed by atoms with van der Waals surface area (Å²) in [4.78, 5) is 17.0. The van der Waals surface area contributed by atoms with Gasteiger partial charge in [-0.25, -0.2) is 0 Å². The van der Waals surface area contributed by atoms with Crippen LogP contribution in [0.2, 0.25) is 0 Å². The van der Waals surface area contributed by atoms with E-state index in [1.807, 2.05) is 0 Å². The lowest BCUT2D eigenvalue weighted by Gasteiger charge is -2.20. The third-order valence-corrected chi connectivity index (χ3v) is 4.16. The molecule has 6 heteroatoms. The van der Waals surface area contributed by atoms with Gasteiger partial charge in [0.15, 0.2) is 0 Å². The molecule has 0 amide bonds. The molecule has 0 radical (unpaired) electrons. The quantitative estimate of drug-likeness (QED) is 0.427. The number of para-hydroxylation sites is 1. The number of hydrogen-bond donors (Lipinski definition) is 1. The van der Waals surface area contributed by atoms with Crippen molar-refractivity contribution in [3.05, 3.63) is 33.9 Å². The molecule has 1 N–H and O–H groups in total. The van der Waals surface area contributed by atoms with Gasteiger partial charge in [0, 0.05) is 19.2 Å². The SMILES string of the molecule is CCCCCCCCN1CCN=C1c1cccc([N+](=O)[O-])c1O. The summed E-state index contributed by atoms with van der Waals surface area (Å²) in [7, 11) is 0. The monoisotopic (exact) mass is 319 g/mol. The van der Waals surface area contributed by atoms with Gasteiger partial charge in [-0.1, -0.05) is 45.1 Å². The van der Waals surface area contributed by atoms with Gasteiger partial charge in [0.1, 0.15) is 5.84 Å². The lowest BCUT2D eigenvalue weighted by Crippen LogP contribution is -2.29. The Bertz CT molecular complexity index is 572. The molecule has 0 saturated carbocycles. The molecule has 0 aliphatic carbocycles. The fraction of sp³-hybridized carbons (Fsp3) is 0.588. The molecule has 0 fully saturated rings. The second-order valence-electron chi connectivity index (χ2n) is 5.89. The van der Waals surface area contributed by atoms with Crippen molar-refractivity contribution in [1.29, 1.82) is 0 Å². The summed E-state index contributed by atoms with van der Waals surface area (Å²) in [6.07, 6.45) is 7.33. The first kappa shape index (κ1) is 17.2. The summed E-state index contributed by atoms with van der Waals surface area (Å²) < 4.78 is 0. The molecule has 23 heavy (non-hydrogen) atoms. The molecule has 0 unspecified atom stereocenters. The highest BCUT2D eigenvalue weighted by atomic mass is 16.6. The summed E-state index contributed by atoms with van der Waals surface area (Å²) in [6.45, 7) is 4.57. The zero-order chi connectivity index (χ0) is 16.7. The molecule has 1 aliphatic heterocycles. The van der Waals surface area contributed by atoms with Crippen molar-refractivity contribution in [2.75, 3.05) is 19.6 Å². The van der Waals surface area contributed by atoms with E-state index in [2.05, 4.69) is 16.8 Å². The lowest BCUT2D eigenvalue weighted by atomic mass is 10.1. The summed E-state index contributed by atoms with van der Waals surface area (Å²) in [5.41, 5.74) is 0.194. The highest BCUT2D eigenvalue weighted by molar-refractivity contribution is 6.03. The summed E-state index contributed by atoms with van der Waals surface area (Å²) >= 11 is 0. The van der Waals surface area contributed by atoms with Gasteiger partial charge < -0.3 is 10.0 Å². The van der Waals surface area contributed by atoms with Gasteiger partial charge in [0.05, 0.1) is 17.0 Å². The molecule has 2 rings (SSSR count). The summed E-state index contributed by atoms with van der Waals surface area (Å²) in [5, 5.41) is 21.1. The minimum atomic E-state index is -0.563. The molecular weight excluding hydrogens is 294 g/mol. The molecule has 0 spiro atoms. The van der Waals surface area contributed by atoms with Crippen molar-refractivity contribution in [2.24, 2.45) is 4.99 Å². The van der Waals surface area contributed by atoms with E-state index in [1.165, 1.54) is 38.2 Å². The third-order valence-electron chi connectivity index (χ3n) is 4.16. The fourth-order valence-corrected chi connectivity index (χ4v) is 2.90. The number of aromatic hydroxyl groups is 1. The van der Waals surface area contributed by atoms with Crippen molar-refractivity contribution >= 4 is 11.5 Å². The molecule has 1 aromatic rings. The molecule has 1 aromatic carbocycles. The molecule has 126 valence electrons. The average Bonchev–Trinajstić information content (AvgIpc) is 2.99. The number of amidine groups is 1. The minimum Gasteiger partial charge on any atom is -0.502 e. The largest absolute Gasteiger partial charge is 0.502 e. The smallest absolute Gasteiger partial charge is 0.311 e. The first-order valence-corrected chi connectivity index (χ1v) is 8.41. The Morgan fingerprint density at radius 1 is 1.26 bits per heavy atom. The van der Waals surface area contributed by atoms with Gasteiger partial charge >= 0.3 is 5.69 Å². The highest BCUT2D eigenvalue weighted by Crippen LogP contribution is 2.31. The second kappa shape index (κ2) is 8.50. The number of aliphatic imine (C=N–C) groups is 1. The minimum absolute atomic E-state index is 0.267. The van der Waals surface area contributed by atoms with E-state index < -0.39 is 4.92 Å². The second-order valence-corrected chi connectivity index (χ2v) is 5.89. The number of nitro benzene ring substituents is 1. The predicted molar refractivity (Wildman–Crippen MR) is 91.1 cm³/mol. The molecule has 1 aliphatic rings. The number of hydrogen-bond acceptors (Lipinski definition) is 5. The number of phenols is 1. The molecule has 0 atom stereocenters. The van der Waals surface area contributed by atoms with Crippen LogP contribution in [-0.4, -0.2) is 40.4 Å². The number of phenolic OH excluding ortho intramolecular Hbond substituents is 1.